The van der Waals surface area contributed by atoms with Gasteiger partial charge in [0.1, 0.15) is 5.75 Å². The Kier molecular flexibility index (Phi) is 6.50. The number of nitrogen functional groups attached to an aromatic ring is 1. The third-order valence-corrected chi connectivity index (χ3v) is 4.14. The number of rotatable bonds is 6. The summed E-state index contributed by atoms with van der Waals surface area (Å²) in [7, 11) is 0. The lowest BCUT2D eigenvalue weighted by atomic mass is 9.96. The van der Waals surface area contributed by atoms with E-state index < -0.39 is 0 Å². The van der Waals surface area contributed by atoms with Crippen LogP contribution >= 0.6 is 12.4 Å². The number of carbonyl (C=O) groups is 1. The largest absolute Gasteiger partial charge is 0.490 e. The first-order valence-electron chi connectivity index (χ1n) is 8.06. The van der Waals surface area contributed by atoms with Gasteiger partial charge in [0.15, 0.2) is 0 Å². The van der Waals surface area contributed by atoms with E-state index in [1.807, 2.05) is 48.5 Å². The van der Waals surface area contributed by atoms with Gasteiger partial charge in [-0.25, -0.2) is 0 Å². The van der Waals surface area contributed by atoms with Gasteiger partial charge >= 0.3 is 0 Å². The van der Waals surface area contributed by atoms with Crippen molar-refractivity contribution in [1.29, 1.82) is 0 Å². The fraction of sp³-hybridized carbons (Fsp3) is 0.316. The number of para-hydroxylation sites is 1. The van der Waals surface area contributed by atoms with Gasteiger partial charge in [0.25, 0.3) is 0 Å². The monoisotopic (exact) mass is 346 g/mol. The molecule has 5 heteroatoms. The molecule has 1 aliphatic carbocycles. The average Bonchev–Trinajstić information content (AvgIpc) is 2.52. The molecule has 0 aliphatic heterocycles. The molecular weight excluding hydrogens is 324 g/mol. The van der Waals surface area contributed by atoms with Gasteiger partial charge in [-0.2, -0.15) is 0 Å². The molecule has 3 rings (SSSR count). The predicted octanol–water partition coefficient (Wildman–Crippen LogP) is 3.48. The van der Waals surface area contributed by atoms with E-state index in [-0.39, 0.29) is 18.3 Å². The minimum Gasteiger partial charge on any atom is -0.490 e. The van der Waals surface area contributed by atoms with E-state index in [2.05, 4.69) is 5.32 Å². The summed E-state index contributed by atoms with van der Waals surface area (Å²) in [4.78, 5) is 12.1. The number of ether oxygens (including phenoxy) is 1. The summed E-state index contributed by atoms with van der Waals surface area (Å²) < 4.78 is 5.98. The lowest BCUT2D eigenvalue weighted by molar-refractivity contribution is -0.120. The van der Waals surface area contributed by atoms with Crippen molar-refractivity contribution in [3.05, 3.63) is 59.7 Å². The Morgan fingerprint density at radius 1 is 1.12 bits per heavy atom. The molecule has 3 N–H and O–H groups in total. The van der Waals surface area contributed by atoms with E-state index in [0.29, 0.717) is 24.8 Å². The lowest BCUT2D eigenvalue weighted by Crippen LogP contribution is -2.27. The molecule has 0 heterocycles. The van der Waals surface area contributed by atoms with Crippen molar-refractivity contribution in [2.75, 3.05) is 5.73 Å². The Labute approximate surface area is 148 Å². The Hall–Kier alpha value is -2.20. The Morgan fingerprint density at radius 2 is 1.83 bits per heavy atom. The van der Waals surface area contributed by atoms with Crippen molar-refractivity contribution in [3.63, 3.8) is 0 Å². The number of carbonyl (C=O) groups excluding carboxylic acids is 1. The maximum Gasteiger partial charge on any atom is 0.224 e. The van der Waals surface area contributed by atoms with Gasteiger partial charge in [0.05, 0.1) is 12.5 Å². The predicted molar refractivity (Wildman–Crippen MR) is 98.4 cm³/mol. The van der Waals surface area contributed by atoms with Crippen LogP contribution in [0.1, 0.15) is 30.4 Å². The second kappa shape index (κ2) is 8.60. The number of anilines is 1. The van der Waals surface area contributed by atoms with Crippen molar-refractivity contribution in [2.24, 2.45) is 0 Å². The van der Waals surface area contributed by atoms with Gasteiger partial charge in [0, 0.05) is 17.8 Å². The molecule has 0 saturated heterocycles. The number of nitrogens with one attached hydrogen (secondary N) is 1. The van der Waals surface area contributed by atoms with Crippen molar-refractivity contribution >= 4 is 24.0 Å². The molecule has 2 aromatic rings. The zero-order chi connectivity index (χ0) is 16.1. The molecule has 2 aromatic carbocycles. The highest BCUT2D eigenvalue weighted by molar-refractivity contribution is 5.85. The molecule has 0 atom stereocenters. The van der Waals surface area contributed by atoms with Crippen LogP contribution in [0.4, 0.5) is 5.69 Å². The minimum absolute atomic E-state index is 0. The number of hydrogen-bond acceptors (Lipinski definition) is 3. The summed E-state index contributed by atoms with van der Waals surface area (Å²) in [5, 5.41) is 2.96. The molecule has 1 fully saturated rings. The first kappa shape index (κ1) is 18.1. The SMILES string of the molecule is Cl.Nc1ccc(CC(=O)NCc2ccccc2OC2CCC2)cc1. The molecule has 0 unspecified atom stereocenters. The zero-order valence-corrected chi connectivity index (χ0v) is 14.4. The highest BCUT2D eigenvalue weighted by Gasteiger charge is 2.20. The fourth-order valence-corrected chi connectivity index (χ4v) is 2.51. The summed E-state index contributed by atoms with van der Waals surface area (Å²) in [6, 6.07) is 15.3. The van der Waals surface area contributed by atoms with Crippen molar-refractivity contribution in [2.45, 2.75) is 38.3 Å². The molecular formula is C19H23ClN2O2. The first-order chi connectivity index (χ1) is 11.2. The minimum atomic E-state index is -0.00628. The standard InChI is InChI=1S/C19H22N2O2.ClH/c20-16-10-8-14(9-11-16)12-19(22)21-13-15-4-1-2-7-18(15)23-17-5-3-6-17;/h1-2,4,7-11,17H,3,5-6,12-13,20H2,(H,21,22);1H. The molecule has 0 aromatic heterocycles. The van der Waals surface area contributed by atoms with Gasteiger partial charge in [-0.15, -0.1) is 12.4 Å². The number of amides is 1. The molecule has 1 saturated carbocycles. The van der Waals surface area contributed by atoms with Crippen molar-refractivity contribution < 1.29 is 9.53 Å². The van der Waals surface area contributed by atoms with Gasteiger partial charge in [-0.3, -0.25) is 4.79 Å². The van der Waals surface area contributed by atoms with Crippen LogP contribution in [0.15, 0.2) is 48.5 Å². The maximum atomic E-state index is 12.1. The normalized spacial score (nSPS) is 13.5. The summed E-state index contributed by atoms with van der Waals surface area (Å²) in [6.45, 7) is 0.483. The Morgan fingerprint density at radius 3 is 2.50 bits per heavy atom. The summed E-state index contributed by atoms with van der Waals surface area (Å²) in [6.07, 6.45) is 4.17. The highest BCUT2D eigenvalue weighted by atomic mass is 35.5. The van der Waals surface area contributed by atoms with Crippen LogP contribution in [0.5, 0.6) is 5.75 Å². The van der Waals surface area contributed by atoms with Gasteiger partial charge < -0.3 is 15.8 Å². The number of nitrogens with two attached hydrogens (primary N) is 1. The van der Waals surface area contributed by atoms with Crippen molar-refractivity contribution in [3.8, 4) is 5.75 Å². The van der Waals surface area contributed by atoms with Crippen LogP contribution in [-0.2, 0) is 17.8 Å². The van der Waals surface area contributed by atoms with Crippen LogP contribution in [0.25, 0.3) is 0 Å². The molecule has 1 amide bonds. The molecule has 0 radical (unpaired) electrons. The van der Waals surface area contributed by atoms with E-state index in [1.165, 1.54) is 6.42 Å². The second-order valence-electron chi connectivity index (χ2n) is 5.97. The summed E-state index contributed by atoms with van der Waals surface area (Å²) >= 11 is 0. The number of benzene rings is 2. The first-order valence-corrected chi connectivity index (χ1v) is 8.06. The summed E-state index contributed by atoms with van der Waals surface area (Å²) in [5.41, 5.74) is 8.33. The van der Waals surface area contributed by atoms with Crippen molar-refractivity contribution in [1.82, 2.24) is 5.32 Å². The Bertz CT molecular complexity index is 669. The lowest BCUT2D eigenvalue weighted by Gasteiger charge is -2.27. The smallest absolute Gasteiger partial charge is 0.224 e. The molecule has 24 heavy (non-hydrogen) atoms. The Balaban J connectivity index is 0.00000208. The van der Waals surface area contributed by atoms with E-state index >= 15 is 0 Å². The molecule has 4 nitrogen and oxygen atoms in total. The quantitative estimate of drug-likeness (QED) is 0.787. The van der Waals surface area contributed by atoms with E-state index in [9.17, 15) is 4.79 Å². The number of hydrogen-bond donors (Lipinski definition) is 2. The third kappa shape index (κ3) is 4.90. The van der Waals surface area contributed by atoms with Crippen LogP contribution < -0.4 is 15.8 Å². The number of halogens is 1. The van der Waals surface area contributed by atoms with Crippen LogP contribution in [0, 0.1) is 0 Å². The summed E-state index contributed by atoms with van der Waals surface area (Å²) in [5.74, 6) is 0.873. The van der Waals surface area contributed by atoms with Gasteiger partial charge in [0.2, 0.25) is 5.91 Å². The highest BCUT2D eigenvalue weighted by Crippen LogP contribution is 2.27. The molecule has 128 valence electrons. The van der Waals surface area contributed by atoms with Crippen LogP contribution in [-0.4, -0.2) is 12.0 Å². The fourth-order valence-electron chi connectivity index (χ4n) is 2.51. The van der Waals surface area contributed by atoms with Crippen LogP contribution in [0.3, 0.4) is 0 Å². The van der Waals surface area contributed by atoms with E-state index in [1.54, 1.807) is 0 Å². The average molecular weight is 347 g/mol. The molecule has 0 spiro atoms. The zero-order valence-electron chi connectivity index (χ0n) is 13.5. The van der Waals surface area contributed by atoms with Gasteiger partial charge in [-0.1, -0.05) is 30.3 Å². The second-order valence-corrected chi connectivity index (χ2v) is 5.97. The topological polar surface area (TPSA) is 64.4 Å². The van der Waals surface area contributed by atoms with E-state index in [4.69, 9.17) is 10.5 Å². The third-order valence-electron chi connectivity index (χ3n) is 4.14. The van der Waals surface area contributed by atoms with Gasteiger partial charge in [-0.05, 0) is 43.0 Å². The molecule has 0 bridgehead atoms. The van der Waals surface area contributed by atoms with Crippen LogP contribution in [0.2, 0.25) is 0 Å². The van der Waals surface area contributed by atoms with E-state index in [0.717, 1.165) is 29.7 Å². The maximum absolute atomic E-state index is 12.1. The molecule has 1 aliphatic rings.